The zero-order valence-electron chi connectivity index (χ0n) is 21.4. The van der Waals surface area contributed by atoms with Crippen LogP contribution < -0.4 is 10.5 Å². The number of anilines is 1. The quantitative estimate of drug-likeness (QED) is 0.245. The summed E-state index contributed by atoms with van der Waals surface area (Å²) in [4.78, 5) is 10.7. The summed E-state index contributed by atoms with van der Waals surface area (Å²) in [6.07, 6.45) is 8.86. The van der Waals surface area contributed by atoms with E-state index in [1.54, 1.807) is 13.1 Å². The summed E-state index contributed by atoms with van der Waals surface area (Å²) in [5, 5.41) is 1.53. The second-order valence-electron chi connectivity index (χ2n) is 10.5. The maximum atomic E-state index is 14.1. The average molecular weight is 554 g/mol. The number of aromatic amines is 1. The van der Waals surface area contributed by atoms with Gasteiger partial charge in [-0.15, -0.1) is 0 Å². The molecular formula is C30H31Cl2FN4O. The molecule has 198 valence electrons. The number of pyridine rings is 1. The van der Waals surface area contributed by atoms with Gasteiger partial charge >= 0.3 is 0 Å². The van der Waals surface area contributed by atoms with Gasteiger partial charge in [-0.3, -0.25) is 4.90 Å². The highest BCUT2D eigenvalue weighted by Gasteiger charge is 2.27. The van der Waals surface area contributed by atoms with Crippen LogP contribution in [0, 0.1) is 5.82 Å². The van der Waals surface area contributed by atoms with Crippen molar-refractivity contribution < 1.29 is 9.13 Å². The molecule has 0 spiro atoms. The Bertz CT molecular complexity index is 1500. The molecule has 8 heteroatoms. The van der Waals surface area contributed by atoms with E-state index in [0.29, 0.717) is 22.4 Å². The molecule has 6 rings (SSSR count). The number of benzene rings is 2. The van der Waals surface area contributed by atoms with Crippen LogP contribution in [0.2, 0.25) is 10.0 Å². The van der Waals surface area contributed by atoms with Gasteiger partial charge in [0.05, 0.1) is 5.02 Å². The molecule has 1 aliphatic heterocycles. The van der Waals surface area contributed by atoms with Crippen molar-refractivity contribution in [3.05, 3.63) is 75.3 Å². The number of ether oxygens (including phenoxy) is 1. The number of nitrogens with one attached hydrogen (secondary N) is 1. The molecule has 5 nitrogen and oxygen atoms in total. The monoisotopic (exact) mass is 552 g/mol. The number of nitrogen functional groups attached to an aromatic ring is 1. The summed E-state index contributed by atoms with van der Waals surface area (Å²) >= 11 is 12.5. The van der Waals surface area contributed by atoms with Crippen LogP contribution in [-0.4, -0.2) is 27.5 Å². The Labute approximate surface area is 232 Å². The van der Waals surface area contributed by atoms with E-state index >= 15 is 0 Å². The number of hydrogen-bond donors (Lipinski definition) is 2. The third kappa shape index (κ3) is 4.74. The lowest BCUT2D eigenvalue weighted by molar-refractivity contribution is 0.141. The highest BCUT2D eigenvalue weighted by atomic mass is 35.5. The largest absolute Gasteiger partial charge is 0.482 e. The minimum atomic E-state index is -0.630. The third-order valence-corrected chi connectivity index (χ3v) is 8.81. The minimum Gasteiger partial charge on any atom is -0.482 e. The summed E-state index contributed by atoms with van der Waals surface area (Å²) in [6.45, 7) is 3.87. The Balaban J connectivity index is 1.30. The van der Waals surface area contributed by atoms with Crippen molar-refractivity contribution in [3.8, 4) is 16.9 Å². The zero-order valence-corrected chi connectivity index (χ0v) is 22.9. The number of rotatable bonds is 5. The van der Waals surface area contributed by atoms with Gasteiger partial charge in [-0.1, -0.05) is 48.5 Å². The topological polar surface area (TPSA) is 67.2 Å². The lowest BCUT2D eigenvalue weighted by Crippen LogP contribution is -2.40. The fraction of sp³-hybridized carbons (Fsp3) is 0.367. The Morgan fingerprint density at radius 2 is 1.92 bits per heavy atom. The average Bonchev–Trinajstić information content (AvgIpc) is 3.30. The van der Waals surface area contributed by atoms with Crippen LogP contribution in [0.5, 0.6) is 5.75 Å². The molecule has 1 aliphatic carbocycles. The number of fused-ring (bicyclic) bond motifs is 3. The standard InChI is InChI=1S/C30H31Cl2FN4O/c1-17(28-23(31)8-9-24(33)29(28)32)38-27-14-19(15-35-30(27)34)18-7-10-25-21(13-18)22-16-37(12-11-26(22)36-25)20-5-3-2-4-6-20/h7-10,13-15,17,20,36H,2-6,11-12,16H2,1H3,(H2,34,35)/t17-/m1/s1. The number of aromatic nitrogens is 2. The number of H-pyrrole nitrogens is 1. The molecule has 0 amide bonds. The minimum absolute atomic E-state index is 0.0577. The van der Waals surface area contributed by atoms with Crippen LogP contribution in [0.4, 0.5) is 10.2 Å². The maximum absolute atomic E-state index is 14.1. The third-order valence-electron chi connectivity index (χ3n) is 8.10. The molecule has 1 saturated carbocycles. The Morgan fingerprint density at radius 3 is 2.74 bits per heavy atom. The van der Waals surface area contributed by atoms with Crippen LogP contribution in [0.25, 0.3) is 22.0 Å². The molecular weight excluding hydrogens is 522 g/mol. The van der Waals surface area contributed by atoms with E-state index in [0.717, 1.165) is 36.2 Å². The van der Waals surface area contributed by atoms with Gasteiger partial charge in [-0.25, -0.2) is 9.37 Å². The van der Waals surface area contributed by atoms with E-state index in [2.05, 4.69) is 33.1 Å². The molecule has 2 aromatic heterocycles. The van der Waals surface area contributed by atoms with Crippen LogP contribution >= 0.6 is 23.2 Å². The van der Waals surface area contributed by atoms with E-state index < -0.39 is 11.9 Å². The van der Waals surface area contributed by atoms with Gasteiger partial charge in [0, 0.05) is 64.5 Å². The Hall–Kier alpha value is -2.80. The second-order valence-corrected chi connectivity index (χ2v) is 11.3. The van der Waals surface area contributed by atoms with Crippen molar-refractivity contribution in [2.75, 3.05) is 12.3 Å². The first-order valence-electron chi connectivity index (χ1n) is 13.3. The molecule has 2 aliphatic rings. The van der Waals surface area contributed by atoms with Gasteiger partial charge in [-0.2, -0.15) is 0 Å². The van der Waals surface area contributed by atoms with Crippen molar-refractivity contribution in [3.63, 3.8) is 0 Å². The molecule has 0 radical (unpaired) electrons. The van der Waals surface area contributed by atoms with Gasteiger partial charge < -0.3 is 15.5 Å². The van der Waals surface area contributed by atoms with E-state index in [9.17, 15) is 4.39 Å². The van der Waals surface area contributed by atoms with Gasteiger partial charge in [0.1, 0.15) is 11.9 Å². The predicted octanol–water partition coefficient (Wildman–Crippen LogP) is 8.09. The Morgan fingerprint density at radius 1 is 1.11 bits per heavy atom. The number of nitrogens with two attached hydrogens (primary N) is 1. The lowest BCUT2D eigenvalue weighted by atomic mass is 9.92. The van der Waals surface area contributed by atoms with Gasteiger partial charge in [0.15, 0.2) is 11.6 Å². The maximum Gasteiger partial charge on any atom is 0.166 e. The second kappa shape index (κ2) is 10.4. The van der Waals surface area contributed by atoms with E-state index in [1.165, 1.54) is 60.9 Å². The van der Waals surface area contributed by atoms with Crippen molar-refractivity contribution in [2.45, 2.75) is 64.1 Å². The van der Waals surface area contributed by atoms with Gasteiger partial charge in [0.25, 0.3) is 0 Å². The number of hydrogen-bond acceptors (Lipinski definition) is 4. The predicted molar refractivity (Wildman–Crippen MR) is 152 cm³/mol. The SMILES string of the molecule is C[C@@H](Oc1cc(-c2ccc3[nH]c4c(c3c2)CN(C2CCCCC2)CC4)cnc1N)c1c(Cl)ccc(F)c1Cl. The number of halogens is 3. The normalized spacial score (nSPS) is 17.5. The first kappa shape index (κ1) is 25.5. The van der Waals surface area contributed by atoms with Crippen molar-refractivity contribution in [1.82, 2.24) is 14.9 Å². The molecule has 0 saturated heterocycles. The van der Waals surface area contributed by atoms with Crippen molar-refractivity contribution in [2.24, 2.45) is 0 Å². The molecule has 1 atom stereocenters. The zero-order chi connectivity index (χ0) is 26.4. The molecule has 0 bridgehead atoms. The molecule has 4 aromatic rings. The first-order valence-corrected chi connectivity index (χ1v) is 14.1. The van der Waals surface area contributed by atoms with Crippen LogP contribution in [0.15, 0.2) is 42.6 Å². The van der Waals surface area contributed by atoms with E-state index in [4.69, 9.17) is 33.7 Å². The lowest BCUT2D eigenvalue weighted by Gasteiger charge is -2.36. The molecule has 3 heterocycles. The molecule has 1 fully saturated rings. The fourth-order valence-electron chi connectivity index (χ4n) is 6.04. The van der Waals surface area contributed by atoms with E-state index in [-0.39, 0.29) is 10.8 Å². The smallest absolute Gasteiger partial charge is 0.166 e. The van der Waals surface area contributed by atoms with Gasteiger partial charge in [-0.05, 0) is 61.2 Å². The fourth-order valence-corrected chi connectivity index (χ4v) is 6.72. The summed E-state index contributed by atoms with van der Waals surface area (Å²) < 4.78 is 20.2. The molecule has 38 heavy (non-hydrogen) atoms. The molecule has 2 aromatic carbocycles. The van der Waals surface area contributed by atoms with Crippen molar-refractivity contribution in [1.29, 1.82) is 0 Å². The first-order chi connectivity index (χ1) is 18.4. The van der Waals surface area contributed by atoms with E-state index in [1.807, 2.05) is 6.07 Å². The van der Waals surface area contributed by atoms with Crippen LogP contribution in [0.3, 0.4) is 0 Å². The summed E-state index contributed by atoms with van der Waals surface area (Å²) in [7, 11) is 0. The van der Waals surface area contributed by atoms with Crippen LogP contribution in [0.1, 0.15) is 62.0 Å². The summed E-state index contributed by atoms with van der Waals surface area (Å²) in [5.41, 5.74) is 12.4. The number of nitrogens with zero attached hydrogens (tertiary/aromatic N) is 2. The Kier molecular flexibility index (Phi) is 6.97. The molecule has 0 unspecified atom stereocenters. The van der Waals surface area contributed by atoms with Crippen molar-refractivity contribution >= 4 is 39.9 Å². The highest BCUT2D eigenvalue weighted by Crippen LogP contribution is 2.38. The van der Waals surface area contributed by atoms with Crippen LogP contribution in [-0.2, 0) is 13.0 Å². The van der Waals surface area contributed by atoms with Gasteiger partial charge in [0.2, 0.25) is 0 Å². The highest BCUT2D eigenvalue weighted by molar-refractivity contribution is 6.36. The molecule has 3 N–H and O–H groups in total. The summed E-state index contributed by atoms with van der Waals surface area (Å²) in [5.74, 6) is 0.0880. The summed E-state index contributed by atoms with van der Waals surface area (Å²) in [6, 6.07) is 11.7.